The second-order valence-electron chi connectivity index (χ2n) is 9.41. The van der Waals surface area contributed by atoms with Gasteiger partial charge >= 0.3 is 0 Å². The summed E-state index contributed by atoms with van der Waals surface area (Å²) in [5.74, 6) is -1.41. The lowest BCUT2D eigenvalue weighted by atomic mass is 10.2. The number of benzene rings is 2. The van der Waals surface area contributed by atoms with E-state index in [1.807, 2.05) is 24.1 Å². The monoisotopic (exact) mass is 541 g/mol. The second-order valence-corrected chi connectivity index (χ2v) is 11.4. The lowest BCUT2D eigenvalue weighted by Gasteiger charge is -2.34. The van der Waals surface area contributed by atoms with Gasteiger partial charge in [0.15, 0.2) is 11.6 Å². The summed E-state index contributed by atoms with van der Waals surface area (Å²) in [6, 6.07) is 9.99. The average Bonchev–Trinajstić information content (AvgIpc) is 3.36. The number of fused-ring (bicyclic) bond motifs is 1. The second kappa shape index (κ2) is 10.2. The van der Waals surface area contributed by atoms with Crippen LogP contribution in [0, 0.1) is 11.6 Å². The van der Waals surface area contributed by atoms with E-state index < -0.39 is 21.7 Å². The van der Waals surface area contributed by atoms with E-state index in [1.54, 1.807) is 30.3 Å². The van der Waals surface area contributed by atoms with E-state index >= 15 is 8.78 Å². The van der Waals surface area contributed by atoms with Crippen LogP contribution in [0.25, 0.3) is 6.08 Å². The first-order chi connectivity index (χ1) is 18.1. The van der Waals surface area contributed by atoms with Gasteiger partial charge in [-0.15, -0.1) is 0 Å². The smallest absolute Gasteiger partial charge is 0.232 e. The van der Waals surface area contributed by atoms with Crippen molar-refractivity contribution in [1.29, 1.82) is 0 Å². The molecule has 200 valence electrons. The number of allylic oxidation sites excluding steroid dienone is 1. The predicted molar refractivity (Wildman–Crippen MR) is 147 cm³/mol. The van der Waals surface area contributed by atoms with Crippen LogP contribution in [-0.2, 0) is 16.4 Å². The Morgan fingerprint density at radius 1 is 0.947 bits per heavy atom. The van der Waals surface area contributed by atoms with Crippen molar-refractivity contribution in [3.05, 3.63) is 65.4 Å². The van der Waals surface area contributed by atoms with Crippen LogP contribution in [0.4, 0.5) is 43.3 Å². The van der Waals surface area contributed by atoms with Gasteiger partial charge in [-0.1, -0.05) is 24.3 Å². The number of para-hydroxylation sites is 2. The van der Waals surface area contributed by atoms with Crippen LogP contribution in [0.3, 0.4) is 0 Å². The fourth-order valence-corrected chi connectivity index (χ4v) is 5.01. The topological polar surface area (TPSA) is 93.7 Å². The van der Waals surface area contributed by atoms with E-state index in [0.717, 1.165) is 24.9 Å². The minimum atomic E-state index is -3.50. The normalized spacial score (nSPS) is 15.4. The van der Waals surface area contributed by atoms with Gasteiger partial charge in [0, 0.05) is 45.2 Å². The molecule has 1 aliphatic carbocycles. The highest BCUT2D eigenvalue weighted by molar-refractivity contribution is 7.92. The summed E-state index contributed by atoms with van der Waals surface area (Å²) in [6.45, 7) is 2.78. The van der Waals surface area contributed by atoms with Crippen LogP contribution in [0.1, 0.15) is 11.3 Å². The third-order valence-corrected chi connectivity index (χ3v) is 7.96. The fourth-order valence-electron chi connectivity index (χ4n) is 4.49. The number of nitrogens with one attached hydrogen (secondary N) is 2. The molecule has 0 radical (unpaired) electrons. The Morgan fingerprint density at radius 2 is 1.68 bits per heavy atom. The largest absolute Gasteiger partial charge is 0.367 e. The molecule has 2 aromatic carbocycles. The molecule has 0 atom stereocenters. The Bertz CT molecular complexity index is 1510. The first-order valence-corrected chi connectivity index (χ1v) is 14.0. The third-order valence-electron chi connectivity index (χ3n) is 6.77. The Labute approximate surface area is 220 Å². The zero-order chi connectivity index (χ0) is 27.0. The molecule has 1 saturated heterocycles. The maximum absolute atomic E-state index is 15.1. The van der Waals surface area contributed by atoms with Gasteiger partial charge in [0.25, 0.3) is 0 Å². The zero-order valence-corrected chi connectivity index (χ0v) is 22.2. The van der Waals surface area contributed by atoms with Crippen molar-refractivity contribution in [2.75, 3.05) is 66.4 Å². The Hall–Kier alpha value is -3.77. The van der Waals surface area contributed by atoms with Gasteiger partial charge in [0.1, 0.15) is 5.82 Å². The fraction of sp³-hybridized carbons (Fsp3) is 0.308. The SMILES string of the molecule is CN1CCN(c2ccc(Nc3nc4c(c(Nc5ccccc5N(C)S(C)(=O)=O)n3)C=CC4)c(F)c2F)CC1. The molecule has 2 aliphatic rings. The van der Waals surface area contributed by atoms with Crippen molar-refractivity contribution in [3.63, 3.8) is 0 Å². The summed E-state index contributed by atoms with van der Waals surface area (Å²) >= 11 is 0. The number of aromatic nitrogens is 2. The highest BCUT2D eigenvalue weighted by Gasteiger charge is 2.23. The van der Waals surface area contributed by atoms with E-state index in [1.165, 1.54) is 17.4 Å². The number of likely N-dealkylation sites (N-methyl/N-ethyl adjacent to an activating group) is 1. The van der Waals surface area contributed by atoms with E-state index in [9.17, 15) is 8.42 Å². The van der Waals surface area contributed by atoms with Crippen molar-refractivity contribution in [1.82, 2.24) is 14.9 Å². The van der Waals surface area contributed by atoms with Crippen LogP contribution < -0.4 is 19.8 Å². The van der Waals surface area contributed by atoms with E-state index in [-0.39, 0.29) is 17.3 Å². The molecule has 38 heavy (non-hydrogen) atoms. The highest BCUT2D eigenvalue weighted by atomic mass is 32.2. The van der Waals surface area contributed by atoms with Crippen molar-refractivity contribution >= 4 is 50.6 Å². The lowest BCUT2D eigenvalue weighted by Crippen LogP contribution is -2.44. The summed E-state index contributed by atoms with van der Waals surface area (Å²) < 4.78 is 55.7. The van der Waals surface area contributed by atoms with Gasteiger partial charge in [0.2, 0.25) is 16.0 Å². The van der Waals surface area contributed by atoms with Crippen molar-refractivity contribution in [2.45, 2.75) is 6.42 Å². The molecule has 2 heterocycles. The van der Waals surface area contributed by atoms with E-state index in [4.69, 9.17) is 0 Å². The molecule has 1 fully saturated rings. The van der Waals surface area contributed by atoms with Crippen LogP contribution in [0.5, 0.6) is 0 Å². The van der Waals surface area contributed by atoms with Gasteiger partial charge in [-0.2, -0.15) is 4.98 Å². The number of piperazine rings is 1. The third kappa shape index (κ3) is 5.14. The molecule has 0 amide bonds. The number of anilines is 6. The maximum atomic E-state index is 15.1. The van der Waals surface area contributed by atoms with Gasteiger partial charge in [-0.25, -0.2) is 22.2 Å². The molecular formula is C26H29F2N7O2S. The molecule has 3 aromatic rings. The van der Waals surface area contributed by atoms with Crippen LogP contribution in [-0.4, -0.2) is 69.8 Å². The van der Waals surface area contributed by atoms with Crippen molar-refractivity contribution in [3.8, 4) is 0 Å². The summed E-state index contributed by atoms with van der Waals surface area (Å²) in [7, 11) is -0.0356. The summed E-state index contributed by atoms with van der Waals surface area (Å²) in [4.78, 5) is 13.0. The summed E-state index contributed by atoms with van der Waals surface area (Å²) in [5, 5.41) is 6.04. The molecule has 5 rings (SSSR count). The van der Waals surface area contributed by atoms with Crippen molar-refractivity contribution in [2.24, 2.45) is 0 Å². The minimum absolute atomic E-state index is 0.0746. The van der Waals surface area contributed by atoms with Gasteiger partial charge in [-0.3, -0.25) is 4.31 Å². The molecule has 0 bridgehead atoms. The maximum Gasteiger partial charge on any atom is 0.232 e. The number of sulfonamides is 1. The van der Waals surface area contributed by atoms with E-state index in [2.05, 4.69) is 25.5 Å². The van der Waals surface area contributed by atoms with Gasteiger partial charge in [-0.05, 0) is 31.3 Å². The molecule has 0 spiro atoms. The first kappa shape index (κ1) is 25.9. The van der Waals surface area contributed by atoms with E-state index in [0.29, 0.717) is 42.4 Å². The minimum Gasteiger partial charge on any atom is -0.367 e. The Kier molecular flexibility index (Phi) is 6.93. The number of rotatable bonds is 7. The standard InChI is InChI=1S/C26H29F2N7O2S/c1-33-13-15-35(16-14-33)22-12-11-20(23(27)24(22)28)31-26-30-18-9-6-7-17(18)25(32-26)29-19-8-4-5-10-21(19)34(2)38(3,36)37/h4-8,10-12H,9,13-16H2,1-3H3,(H2,29,30,31,32). The Morgan fingerprint density at radius 3 is 2.42 bits per heavy atom. The molecule has 0 unspecified atom stereocenters. The zero-order valence-electron chi connectivity index (χ0n) is 21.4. The number of hydrogen-bond donors (Lipinski definition) is 2. The van der Waals surface area contributed by atoms with Crippen LogP contribution in [0.15, 0.2) is 42.5 Å². The number of halogens is 2. The Balaban J connectivity index is 1.45. The first-order valence-electron chi connectivity index (χ1n) is 12.2. The number of hydrogen-bond acceptors (Lipinski definition) is 8. The summed E-state index contributed by atoms with van der Waals surface area (Å²) in [5.41, 5.74) is 2.55. The molecular weight excluding hydrogens is 512 g/mol. The summed E-state index contributed by atoms with van der Waals surface area (Å²) in [6.07, 6.45) is 5.47. The predicted octanol–water partition coefficient (Wildman–Crippen LogP) is 3.96. The number of nitrogens with zero attached hydrogens (tertiary/aromatic N) is 5. The average molecular weight is 542 g/mol. The van der Waals surface area contributed by atoms with Crippen LogP contribution >= 0.6 is 0 Å². The molecule has 1 aromatic heterocycles. The van der Waals surface area contributed by atoms with Gasteiger partial charge < -0.3 is 20.4 Å². The molecule has 2 N–H and O–H groups in total. The lowest BCUT2D eigenvalue weighted by molar-refractivity contribution is 0.311. The molecule has 1 aliphatic heterocycles. The molecule has 9 nitrogen and oxygen atoms in total. The molecule has 12 heteroatoms. The highest BCUT2D eigenvalue weighted by Crippen LogP contribution is 2.34. The molecule has 0 saturated carbocycles. The van der Waals surface area contributed by atoms with Gasteiger partial charge in [0.05, 0.1) is 34.7 Å². The van der Waals surface area contributed by atoms with Crippen molar-refractivity contribution < 1.29 is 17.2 Å². The van der Waals surface area contributed by atoms with Crippen LogP contribution in [0.2, 0.25) is 0 Å². The quantitative estimate of drug-likeness (QED) is 0.465.